The molecule has 8 nitrogen and oxygen atoms in total. The first-order valence-electron chi connectivity index (χ1n) is 9.18. The van der Waals surface area contributed by atoms with Gasteiger partial charge in [-0.1, -0.05) is 12.1 Å². The highest BCUT2D eigenvalue weighted by Gasteiger charge is 2.31. The molecule has 5 aromatic rings. The number of aromatic nitrogens is 2. The van der Waals surface area contributed by atoms with E-state index in [1.54, 1.807) is 24.3 Å². The predicted octanol–water partition coefficient (Wildman–Crippen LogP) is 2.29. The Hall–Kier alpha value is -4.46. The first-order valence-corrected chi connectivity index (χ1v) is 9.18. The van der Waals surface area contributed by atoms with Crippen LogP contribution in [0.2, 0.25) is 0 Å². The van der Waals surface area contributed by atoms with E-state index in [0.29, 0.717) is 65.6 Å². The fourth-order valence-electron chi connectivity index (χ4n) is 4.77. The summed E-state index contributed by atoms with van der Waals surface area (Å²) in [5.41, 5.74) is 2.63. The number of nitrogens with zero attached hydrogens (tertiary/aromatic N) is 2. The van der Waals surface area contributed by atoms with E-state index in [2.05, 4.69) is 20.6 Å². The molecule has 0 radical (unpaired) electrons. The van der Waals surface area contributed by atoms with Crippen LogP contribution in [0, 0.1) is 0 Å². The third kappa shape index (κ3) is 1.56. The molecule has 0 bridgehead atoms. The minimum atomic E-state index is -0.491. The zero-order valence-corrected chi connectivity index (χ0v) is 15.0. The van der Waals surface area contributed by atoms with Gasteiger partial charge in [0.15, 0.2) is 0 Å². The average molecular weight is 392 g/mol. The fraction of sp³-hybridized carbons (Fsp3) is 0. The monoisotopic (exact) mass is 392 g/mol. The van der Waals surface area contributed by atoms with Crippen LogP contribution >= 0.6 is 0 Å². The van der Waals surface area contributed by atoms with E-state index >= 15 is 0 Å². The van der Waals surface area contributed by atoms with Gasteiger partial charge in [0.2, 0.25) is 0 Å². The summed E-state index contributed by atoms with van der Waals surface area (Å²) in [6.07, 6.45) is 2.91. The van der Waals surface area contributed by atoms with Crippen LogP contribution in [0.15, 0.2) is 36.7 Å². The lowest BCUT2D eigenvalue weighted by Crippen LogP contribution is -2.35. The third-order valence-corrected chi connectivity index (χ3v) is 6.01. The number of benzene rings is 3. The molecule has 2 aliphatic heterocycles. The van der Waals surface area contributed by atoms with Crippen molar-refractivity contribution in [2.75, 3.05) is 0 Å². The number of carbonyl (C=O) groups is 4. The third-order valence-electron chi connectivity index (χ3n) is 6.01. The fourth-order valence-corrected chi connectivity index (χ4v) is 4.77. The molecular weight excluding hydrogens is 384 g/mol. The van der Waals surface area contributed by atoms with Crippen molar-refractivity contribution in [3.63, 3.8) is 0 Å². The molecule has 0 atom stereocenters. The Morgan fingerprint density at radius 3 is 1.33 bits per heavy atom. The Morgan fingerprint density at radius 2 is 0.900 bits per heavy atom. The zero-order chi connectivity index (χ0) is 20.3. The Balaban J connectivity index is 1.82. The summed E-state index contributed by atoms with van der Waals surface area (Å²) in [6, 6.07) is 6.86. The molecule has 0 saturated carbocycles. The van der Waals surface area contributed by atoms with Gasteiger partial charge in [-0.2, -0.15) is 0 Å². The molecule has 0 aliphatic carbocycles. The largest absolute Gasteiger partial charge is 0.288 e. The minimum absolute atomic E-state index is 0.328. The van der Waals surface area contributed by atoms with E-state index in [4.69, 9.17) is 0 Å². The van der Waals surface area contributed by atoms with Crippen LogP contribution in [0.5, 0.6) is 0 Å². The molecule has 140 valence electrons. The highest BCUT2D eigenvalue weighted by Crippen LogP contribution is 2.43. The predicted molar refractivity (Wildman–Crippen MR) is 107 cm³/mol. The number of hydrogen-bond acceptors (Lipinski definition) is 6. The molecule has 4 amide bonds. The van der Waals surface area contributed by atoms with E-state index in [-0.39, 0.29) is 0 Å². The average Bonchev–Trinajstić information content (AvgIpc) is 2.74. The smallest absolute Gasteiger partial charge is 0.260 e. The molecule has 0 unspecified atom stereocenters. The van der Waals surface area contributed by atoms with E-state index in [1.807, 2.05) is 0 Å². The topological polar surface area (TPSA) is 118 Å². The molecule has 2 aliphatic rings. The Labute approximate surface area is 166 Å². The molecule has 4 heterocycles. The summed E-state index contributed by atoms with van der Waals surface area (Å²) in [7, 11) is 0. The number of hydrogen-bond donors (Lipinski definition) is 2. The van der Waals surface area contributed by atoms with E-state index in [1.165, 1.54) is 12.4 Å². The molecule has 3 aromatic carbocycles. The van der Waals surface area contributed by atoms with Crippen LogP contribution in [0.3, 0.4) is 0 Å². The maximum atomic E-state index is 12.4. The number of amides is 4. The molecular formula is C22H8N4O4. The van der Waals surface area contributed by atoms with Gasteiger partial charge in [0, 0.05) is 55.8 Å². The molecule has 8 heteroatoms. The lowest BCUT2D eigenvalue weighted by molar-refractivity contribution is 0.0828. The second-order valence-corrected chi connectivity index (χ2v) is 7.43. The van der Waals surface area contributed by atoms with Crippen molar-refractivity contribution < 1.29 is 19.2 Å². The first-order chi connectivity index (χ1) is 14.5. The Bertz CT molecular complexity index is 1480. The van der Waals surface area contributed by atoms with Gasteiger partial charge in [-0.25, -0.2) is 0 Å². The van der Waals surface area contributed by atoms with Crippen molar-refractivity contribution in [1.29, 1.82) is 0 Å². The summed E-state index contributed by atoms with van der Waals surface area (Å²) >= 11 is 0. The van der Waals surface area contributed by atoms with Crippen LogP contribution < -0.4 is 10.6 Å². The summed E-state index contributed by atoms with van der Waals surface area (Å²) in [4.78, 5) is 58.7. The maximum Gasteiger partial charge on any atom is 0.260 e. The Kier molecular flexibility index (Phi) is 2.44. The van der Waals surface area contributed by atoms with Crippen LogP contribution in [-0.4, -0.2) is 33.6 Å². The van der Waals surface area contributed by atoms with Gasteiger partial charge in [-0.15, -0.1) is 0 Å². The first kappa shape index (κ1) is 15.5. The quantitative estimate of drug-likeness (QED) is 0.237. The molecule has 7 rings (SSSR count). The van der Waals surface area contributed by atoms with Gasteiger partial charge in [0.05, 0.1) is 22.2 Å². The van der Waals surface area contributed by atoms with Gasteiger partial charge in [0.25, 0.3) is 23.6 Å². The van der Waals surface area contributed by atoms with E-state index in [9.17, 15) is 19.2 Å². The second-order valence-electron chi connectivity index (χ2n) is 7.43. The normalized spacial score (nSPS) is 15.5. The van der Waals surface area contributed by atoms with Crippen molar-refractivity contribution in [3.05, 3.63) is 58.9 Å². The van der Waals surface area contributed by atoms with E-state index in [0.717, 1.165) is 0 Å². The number of carbonyl (C=O) groups excluding carboxylic acids is 4. The lowest BCUT2D eigenvalue weighted by atomic mass is 9.87. The van der Waals surface area contributed by atoms with Gasteiger partial charge < -0.3 is 0 Å². The number of imide groups is 2. The van der Waals surface area contributed by atoms with Crippen LogP contribution in [0.4, 0.5) is 0 Å². The number of fused-ring (bicyclic) bond motifs is 2. The molecule has 0 fully saturated rings. The maximum absolute atomic E-state index is 12.4. The van der Waals surface area contributed by atoms with Crippen LogP contribution in [0.1, 0.15) is 41.4 Å². The van der Waals surface area contributed by atoms with Crippen LogP contribution in [-0.2, 0) is 0 Å². The van der Waals surface area contributed by atoms with Crippen molar-refractivity contribution in [3.8, 4) is 0 Å². The second kappa shape index (κ2) is 4.74. The van der Waals surface area contributed by atoms with Gasteiger partial charge in [-0.05, 0) is 12.1 Å². The highest BCUT2D eigenvalue weighted by atomic mass is 16.2. The minimum Gasteiger partial charge on any atom is -0.288 e. The van der Waals surface area contributed by atoms with Crippen molar-refractivity contribution in [2.24, 2.45) is 0 Å². The summed E-state index contributed by atoms with van der Waals surface area (Å²) in [5.74, 6) is -1.89. The standard InChI is InChI=1S/C22H8N4O4/c27-19-9-3-1-7-15-13(9)11(21(29)25-19)6-24-18(15)8-2-4-10-14-12(22(30)26-20(10)28)5-23-17(7)16(8)14/h1-6H,(H,25,27,29)(H,26,28,30). The summed E-state index contributed by atoms with van der Waals surface area (Å²) in [5, 5.41) is 8.50. The SMILES string of the molecule is O=C1NC(=O)c2cnc3c4ccc5c6c(cnc(c7ccc1c2c73)c64)C(=O)NC5=O. The highest BCUT2D eigenvalue weighted by molar-refractivity contribution is 6.39. The molecule has 30 heavy (non-hydrogen) atoms. The molecule has 0 saturated heterocycles. The van der Waals surface area contributed by atoms with Crippen LogP contribution in [0.25, 0.3) is 43.4 Å². The number of nitrogens with one attached hydrogen (secondary N) is 2. The van der Waals surface area contributed by atoms with E-state index < -0.39 is 23.6 Å². The van der Waals surface area contributed by atoms with Crippen molar-refractivity contribution >= 4 is 67.0 Å². The Morgan fingerprint density at radius 1 is 0.500 bits per heavy atom. The molecule has 0 spiro atoms. The lowest BCUT2D eigenvalue weighted by Gasteiger charge is -2.22. The number of pyridine rings is 2. The number of rotatable bonds is 0. The zero-order valence-electron chi connectivity index (χ0n) is 15.0. The summed E-state index contributed by atoms with van der Waals surface area (Å²) < 4.78 is 0. The van der Waals surface area contributed by atoms with Gasteiger partial charge in [0.1, 0.15) is 0 Å². The van der Waals surface area contributed by atoms with Crippen molar-refractivity contribution in [2.45, 2.75) is 0 Å². The summed E-state index contributed by atoms with van der Waals surface area (Å²) in [6.45, 7) is 0. The van der Waals surface area contributed by atoms with Gasteiger partial charge in [-0.3, -0.25) is 39.8 Å². The molecule has 2 aromatic heterocycles. The molecule has 2 N–H and O–H groups in total. The van der Waals surface area contributed by atoms with Crippen molar-refractivity contribution in [1.82, 2.24) is 20.6 Å². The van der Waals surface area contributed by atoms with Gasteiger partial charge >= 0.3 is 0 Å².